The van der Waals surface area contributed by atoms with Crippen LogP contribution in [0.5, 0.6) is 11.5 Å². The molecule has 0 aromatic heterocycles. The Labute approximate surface area is 76.0 Å². The van der Waals surface area contributed by atoms with Gasteiger partial charge in [-0.05, 0) is 17.7 Å². The van der Waals surface area contributed by atoms with Gasteiger partial charge in [-0.1, -0.05) is 18.2 Å². The van der Waals surface area contributed by atoms with E-state index in [-0.39, 0.29) is 11.5 Å². The molecule has 2 N–H and O–H groups in total. The molecule has 0 saturated heterocycles. The first-order chi connectivity index (χ1) is 6.24. The van der Waals surface area contributed by atoms with Crippen LogP contribution in [0.4, 0.5) is 0 Å². The number of carbonyl (C=O) groups is 1. The second kappa shape index (κ2) is 4.30. The average Bonchev–Trinajstić information content (AvgIpc) is 2.12. The molecule has 0 heterocycles. The Balaban J connectivity index is 2.79. The number of aromatic hydroxyl groups is 2. The molecule has 0 atom stereocenters. The average molecular weight is 178 g/mol. The van der Waals surface area contributed by atoms with Gasteiger partial charge in [0.05, 0.1) is 0 Å². The summed E-state index contributed by atoms with van der Waals surface area (Å²) >= 11 is 0. The summed E-state index contributed by atoms with van der Waals surface area (Å²) in [6, 6.07) is 4.48. The third kappa shape index (κ3) is 2.63. The normalized spacial score (nSPS) is 10.5. The molecule has 0 saturated carbocycles. The molecular formula is C10H10O3. The van der Waals surface area contributed by atoms with Gasteiger partial charge in [0.15, 0.2) is 11.5 Å². The van der Waals surface area contributed by atoms with Gasteiger partial charge in [-0.15, -0.1) is 0 Å². The van der Waals surface area contributed by atoms with Crippen molar-refractivity contribution in [3.05, 3.63) is 29.8 Å². The van der Waals surface area contributed by atoms with Crippen molar-refractivity contribution in [1.29, 1.82) is 0 Å². The maximum atomic E-state index is 9.98. The highest BCUT2D eigenvalue weighted by molar-refractivity contribution is 5.59. The molecule has 0 spiro atoms. The third-order valence-electron chi connectivity index (χ3n) is 1.54. The van der Waals surface area contributed by atoms with E-state index in [0.29, 0.717) is 6.42 Å². The summed E-state index contributed by atoms with van der Waals surface area (Å²) in [5, 5.41) is 18.1. The maximum absolute atomic E-state index is 9.98. The molecule has 0 fully saturated rings. The van der Waals surface area contributed by atoms with E-state index in [0.717, 1.165) is 11.8 Å². The predicted octanol–water partition coefficient (Wildman–Crippen LogP) is 1.70. The summed E-state index contributed by atoms with van der Waals surface area (Å²) in [5.41, 5.74) is 0.747. The molecule has 13 heavy (non-hydrogen) atoms. The van der Waals surface area contributed by atoms with Crippen LogP contribution in [0.15, 0.2) is 24.3 Å². The first kappa shape index (κ1) is 9.32. The first-order valence-corrected chi connectivity index (χ1v) is 3.86. The van der Waals surface area contributed by atoms with E-state index in [9.17, 15) is 4.79 Å². The van der Waals surface area contributed by atoms with Gasteiger partial charge in [0, 0.05) is 6.42 Å². The number of benzene rings is 1. The molecule has 0 bridgehead atoms. The van der Waals surface area contributed by atoms with Crippen molar-refractivity contribution in [2.45, 2.75) is 6.42 Å². The fourth-order valence-electron chi connectivity index (χ4n) is 0.904. The number of hydrogen-bond acceptors (Lipinski definition) is 3. The standard InChI is InChI=1S/C10H10O3/c11-6-2-1-3-8-4-5-9(12)10(13)7-8/h1,3-7,12-13H,2H2/b3-1+. The minimum Gasteiger partial charge on any atom is -0.504 e. The lowest BCUT2D eigenvalue weighted by Crippen LogP contribution is -1.73. The van der Waals surface area contributed by atoms with Crippen LogP contribution in [0.1, 0.15) is 12.0 Å². The van der Waals surface area contributed by atoms with Crippen LogP contribution in [0.2, 0.25) is 0 Å². The molecule has 0 amide bonds. The van der Waals surface area contributed by atoms with E-state index in [2.05, 4.69) is 0 Å². The van der Waals surface area contributed by atoms with Gasteiger partial charge >= 0.3 is 0 Å². The molecule has 0 radical (unpaired) electrons. The van der Waals surface area contributed by atoms with Gasteiger partial charge < -0.3 is 15.0 Å². The van der Waals surface area contributed by atoms with E-state index >= 15 is 0 Å². The van der Waals surface area contributed by atoms with Crippen LogP contribution in [0, 0.1) is 0 Å². The number of phenolic OH excluding ortho intramolecular Hbond substituents is 2. The summed E-state index contributed by atoms with van der Waals surface area (Å²) in [5.74, 6) is -0.305. The van der Waals surface area contributed by atoms with Gasteiger partial charge in [0.2, 0.25) is 0 Å². The molecule has 1 aromatic rings. The molecule has 1 aromatic carbocycles. The van der Waals surface area contributed by atoms with Crippen molar-refractivity contribution in [2.75, 3.05) is 0 Å². The Kier molecular flexibility index (Phi) is 3.09. The number of carbonyl (C=O) groups excluding carboxylic acids is 1. The number of hydrogen-bond donors (Lipinski definition) is 2. The van der Waals surface area contributed by atoms with E-state index in [4.69, 9.17) is 10.2 Å². The van der Waals surface area contributed by atoms with E-state index < -0.39 is 0 Å². The fraction of sp³-hybridized carbons (Fsp3) is 0.100. The summed E-state index contributed by atoms with van der Waals surface area (Å²) in [6.45, 7) is 0. The van der Waals surface area contributed by atoms with E-state index in [1.165, 1.54) is 12.1 Å². The van der Waals surface area contributed by atoms with Gasteiger partial charge in [-0.2, -0.15) is 0 Å². The van der Waals surface area contributed by atoms with Gasteiger partial charge in [0.25, 0.3) is 0 Å². The zero-order valence-corrected chi connectivity index (χ0v) is 6.97. The Bertz CT molecular complexity index is 329. The quantitative estimate of drug-likeness (QED) is 0.547. The van der Waals surface area contributed by atoms with Crippen LogP contribution in [0.3, 0.4) is 0 Å². The molecule has 3 heteroatoms. The third-order valence-corrected chi connectivity index (χ3v) is 1.54. The van der Waals surface area contributed by atoms with Crippen molar-refractivity contribution < 1.29 is 15.0 Å². The molecule has 0 aliphatic rings. The lowest BCUT2D eigenvalue weighted by molar-refractivity contribution is -0.107. The summed E-state index contributed by atoms with van der Waals surface area (Å²) in [7, 11) is 0. The highest BCUT2D eigenvalue weighted by atomic mass is 16.3. The van der Waals surface area contributed by atoms with Crippen LogP contribution in [-0.4, -0.2) is 16.5 Å². The molecule has 0 aliphatic carbocycles. The highest BCUT2D eigenvalue weighted by Crippen LogP contribution is 2.25. The Morgan fingerprint density at radius 2 is 2.00 bits per heavy atom. The van der Waals surface area contributed by atoms with Gasteiger partial charge in [0.1, 0.15) is 6.29 Å². The second-order valence-corrected chi connectivity index (χ2v) is 2.55. The van der Waals surface area contributed by atoms with Crippen LogP contribution < -0.4 is 0 Å². The van der Waals surface area contributed by atoms with E-state index in [1.807, 2.05) is 0 Å². The minimum atomic E-state index is -0.159. The first-order valence-electron chi connectivity index (χ1n) is 3.86. The van der Waals surface area contributed by atoms with Crippen LogP contribution >= 0.6 is 0 Å². The summed E-state index contributed by atoms with van der Waals surface area (Å²) in [4.78, 5) is 9.98. The zero-order valence-electron chi connectivity index (χ0n) is 6.97. The topological polar surface area (TPSA) is 57.5 Å². The van der Waals surface area contributed by atoms with Gasteiger partial charge in [-0.3, -0.25) is 0 Å². The van der Waals surface area contributed by atoms with Crippen molar-refractivity contribution in [3.8, 4) is 11.5 Å². The van der Waals surface area contributed by atoms with E-state index in [1.54, 1.807) is 18.2 Å². The van der Waals surface area contributed by atoms with Crippen LogP contribution in [0.25, 0.3) is 6.08 Å². The minimum absolute atomic E-state index is 0.146. The predicted molar refractivity (Wildman–Crippen MR) is 49.5 cm³/mol. The Hall–Kier alpha value is -1.77. The molecular weight excluding hydrogens is 168 g/mol. The van der Waals surface area contributed by atoms with Crippen LogP contribution in [-0.2, 0) is 4.79 Å². The van der Waals surface area contributed by atoms with Crippen molar-refractivity contribution in [2.24, 2.45) is 0 Å². The molecule has 0 unspecified atom stereocenters. The lowest BCUT2D eigenvalue weighted by Gasteiger charge is -1.97. The van der Waals surface area contributed by atoms with Crippen molar-refractivity contribution in [3.63, 3.8) is 0 Å². The monoisotopic (exact) mass is 178 g/mol. The van der Waals surface area contributed by atoms with Gasteiger partial charge in [-0.25, -0.2) is 0 Å². The summed E-state index contributed by atoms with van der Waals surface area (Å²) < 4.78 is 0. The largest absolute Gasteiger partial charge is 0.504 e. The number of aldehydes is 1. The Morgan fingerprint density at radius 3 is 2.62 bits per heavy atom. The molecule has 0 aliphatic heterocycles. The second-order valence-electron chi connectivity index (χ2n) is 2.55. The van der Waals surface area contributed by atoms with Crippen molar-refractivity contribution >= 4 is 12.4 Å². The zero-order chi connectivity index (χ0) is 9.68. The highest BCUT2D eigenvalue weighted by Gasteiger charge is 1.96. The molecule has 1 rings (SSSR count). The van der Waals surface area contributed by atoms with Crippen molar-refractivity contribution in [1.82, 2.24) is 0 Å². The Morgan fingerprint density at radius 1 is 1.23 bits per heavy atom. The smallest absolute Gasteiger partial charge is 0.157 e. The summed E-state index contributed by atoms with van der Waals surface area (Å²) in [6.07, 6.45) is 4.52. The number of rotatable bonds is 3. The molecule has 68 valence electrons. The number of allylic oxidation sites excluding steroid dienone is 1. The molecule has 3 nitrogen and oxygen atoms in total. The lowest BCUT2D eigenvalue weighted by atomic mass is 10.2. The number of phenols is 2. The maximum Gasteiger partial charge on any atom is 0.157 e. The SMILES string of the molecule is O=CC/C=C/c1ccc(O)c(O)c1. The fourth-order valence-corrected chi connectivity index (χ4v) is 0.904.